The zero-order valence-corrected chi connectivity index (χ0v) is 34.3. The van der Waals surface area contributed by atoms with Crippen LogP contribution >= 0.6 is 0 Å². The van der Waals surface area contributed by atoms with Crippen LogP contribution < -0.4 is 5.32 Å². The van der Waals surface area contributed by atoms with Crippen LogP contribution in [0.2, 0.25) is 19.6 Å². The minimum Gasteiger partial charge on any atom is -0.518 e. The van der Waals surface area contributed by atoms with E-state index >= 15 is 0 Å². The molecule has 1 aliphatic rings. The average Bonchev–Trinajstić information content (AvgIpc) is 3.62. The number of carbonyl (C=O) groups excluding carboxylic acids is 5. The second kappa shape index (κ2) is 18.4. The molecule has 0 aliphatic carbocycles. The van der Waals surface area contributed by atoms with Crippen LogP contribution in [0.1, 0.15) is 50.3 Å². The highest BCUT2D eigenvalue weighted by Crippen LogP contribution is 2.25. The van der Waals surface area contributed by atoms with Gasteiger partial charge in [0.05, 0.1) is 0 Å². The first-order valence-corrected chi connectivity index (χ1v) is 22.2. The van der Waals surface area contributed by atoms with E-state index in [-0.39, 0.29) is 30.9 Å². The number of rotatable bonds is 14. The summed E-state index contributed by atoms with van der Waals surface area (Å²) >= 11 is 0. The van der Waals surface area contributed by atoms with Gasteiger partial charge in [-0.3, -0.25) is 19.2 Å². The quantitative estimate of drug-likeness (QED) is 0.209. The Bertz CT molecular complexity index is 1780. The number of hydrogen-bond acceptors (Lipinski definition) is 8. The maximum atomic E-state index is 14.9. The van der Waals surface area contributed by atoms with E-state index in [1.807, 2.05) is 80.3 Å². The van der Waals surface area contributed by atoms with E-state index < -0.39 is 62.0 Å². The number of phenols is 1. The largest absolute Gasteiger partial charge is 0.518 e. The maximum Gasteiger partial charge on any atom is 0.408 e. The third-order valence-corrected chi connectivity index (χ3v) is 10.1. The number of amides is 4. The SMILES string of the molecule is CN(C(=O)[C@H](Cc1ccccc1)N(C)C(=O)[C@H](Cc1ccc(O)cc1)NC(=O)OC(C)(C)C)[C@H](Cc1ccccc1)C(=O)N1CCC[C@H]1C(=O)O[Si](C)(C)C. The van der Waals surface area contributed by atoms with Crippen molar-refractivity contribution >= 4 is 38.1 Å². The molecule has 1 heterocycles. The monoisotopic (exact) mass is 772 g/mol. The van der Waals surface area contributed by atoms with Crippen LogP contribution in [0, 0.1) is 0 Å². The third-order valence-electron chi connectivity index (χ3n) is 9.32. The molecule has 3 aromatic carbocycles. The lowest BCUT2D eigenvalue weighted by atomic mass is 9.98. The lowest BCUT2D eigenvalue weighted by molar-refractivity contribution is -0.154. The van der Waals surface area contributed by atoms with Crippen molar-refractivity contribution in [2.24, 2.45) is 0 Å². The summed E-state index contributed by atoms with van der Waals surface area (Å²) in [5, 5.41) is 12.6. The number of likely N-dealkylation sites (tertiary alicyclic amines) is 1. The predicted molar refractivity (Wildman–Crippen MR) is 213 cm³/mol. The van der Waals surface area contributed by atoms with Gasteiger partial charge in [-0.25, -0.2) is 4.79 Å². The van der Waals surface area contributed by atoms with E-state index in [0.29, 0.717) is 24.9 Å². The molecule has 12 nitrogen and oxygen atoms in total. The molecule has 1 fully saturated rings. The third kappa shape index (κ3) is 12.4. The lowest BCUT2D eigenvalue weighted by Crippen LogP contribution is -2.60. The Morgan fingerprint density at radius 1 is 0.782 bits per heavy atom. The number of hydrogen-bond donors (Lipinski definition) is 2. The summed E-state index contributed by atoms with van der Waals surface area (Å²) in [6.45, 7) is 11.2. The van der Waals surface area contributed by atoms with Crippen LogP contribution in [-0.4, -0.2) is 108 Å². The first-order chi connectivity index (χ1) is 25.8. The molecule has 4 atom stereocenters. The first kappa shape index (κ1) is 42.6. The van der Waals surface area contributed by atoms with E-state index in [1.54, 1.807) is 44.9 Å². The Morgan fingerprint density at radius 2 is 1.29 bits per heavy atom. The van der Waals surface area contributed by atoms with Crippen molar-refractivity contribution in [1.82, 2.24) is 20.0 Å². The molecule has 1 aliphatic heterocycles. The van der Waals surface area contributed by atoms with E-state index in [0.717, 1.165) is 11.1 Å². The molecular weight excluding hydrogens is 717 g/mol. The number of nitrogens with one attached hydrogen (secondary N) is 1. The molecule has 296 valence electrons. The number of ether oxygens (including phenoxy) is 1. The molecule has 0 saturated carbocycles. The van der Waals surface area contributed by atoms with Crippen LogP contribution in [0.3, 0.4) is 0 Å². The van der Waals surface area contributed by atoms with Gasteiger partial charge in [0, 0.05) is 39.9 Å². The van der Waals surface area contributed by atoms with Crippen molar-refractivity contribution < 1.29 is 38.2 Å². The average molecular weight is 773 g/mol. The molecule has 2 N–H and O–H groups in total. The summed E-state index contributed by atoms with van der Waals surface area (Å²) < 4.78 is 11.3. The fourth-order valence-corrected chi connectivity index (χ4v) is 7.34. The van der Waals surface area contributed by atoms with Gasteiger partial charge in [0.15, 0.2) is 0 Å². The summed E-state index contributed by atoms with van der Waals surface area (Å²) in [6.07, 6.45) is 0.616. The van der Waals surface area contributed by atoms with Crippen molar-refractivity contribution in [2.75, 3.05) is 20.6 Å². The Morgan fingerprint density at radius 3 is 1.82 bits per heavy atom. The second-order valence-corrected chi connectivity index (χ2v) is 20.5. The smallest absolute Gasteiger partial charge is 0.408 e. The van der Waals surface area contributed by atoms with Crippen LogP contribution in [0.15, 0.2) is 84.9 Å². The highest BCUT2D eigenvalue weighted by atomic mass is 28.4. The molecular formula is C42H56N4O8Si. The number of benzene rings is 3. The van der Waals surface area contributed by atoms with Gasteiger partial charge in [0.2, 0.25) is 26.0 Å². The van der Waals surface area contributed by atoms with Gasteiger partial charge in [-0.1, -0.05) is 72.8 Å². The molecule has 3 aromatic rings. The van der Waals surface area contributed by atoms with Gasteiger partial charge in [-0.15, -0.1) is 0 Å². The molecule has 0 spiro atoms. The maximum absolute atomic E-state index is 14.9. The van der Waals surface area contributed by atoms with Gasteiger partial charge in [-0.2, -0.15) is 0 Å². The van der Waals surface area contributed by atoms with Crippen LogP contribution in [0.25, 0.3) is 0 Å². The Kier molecular flexibility index (Phi) is 14.3. The van der Waals surface area contributed by atoms with E-state index in [2.05, 4.69) is 5.32 Å². The number of likely N-dealkylation sites (N-methyl/N-ethyl adjacent to an activating group) is 2. The van der Waals surface area contributed by atoms with Gasteiger partial charge in [-0.05, 0) is 82.1 Å². The highest BCUT2D eigenvalue weighted by Gasteiger charge is 2.43. The highest BCUT2D eigenvalue weighted by molar-refractivity contribution is 6.71. The van der Waals surface area contributed by atoms with Crippen LogP contribution in [0.5, 0.6) is 5.75 Å². The van der Waals surface area contributed by atoms with Crippen molar-refractivity contribution in [3.63, 3.8) is 0 Å². The Balaban J connectivity index is 1.71. The molecule has 1 saturated heterocycles. The molecule has 4 amide bonds. The topological polar surface area (TPSA) is 146 Å². The standard InChI is InChI=1S/C42H56N4O8Si/c1-42(2,3)53-41(52)43-33(26-31-21-23-32(47)24-22-31)37(48)44(4)35(27-29-16-11-9-12-17-29)38(49)45(5)36(28-30-18-13-10-14-19-30)39(50)46-25-15-20-34(46)40(51)54-55(6,7)8/h9-14,16-19,21-24,33-36,47H,15,20,25-28H2,1-8H3,(H,43,52)/t33-,34-,35-,36+/m0/s1. The van der Waals surface area contributed by atoms with Crippen LogP contribution in [-0.2, 0) is 47.6 Å². The van der Waals surface area contributed by atoms with Crippen molar-refractivity contribution in [1.29, 1.82) is 0 Å². The first-order valence-electron chi connectivity index (χ1n) is 18.7. The predicted octanol–water partition coefficient (Wildman–Crippen LogP) is 5.34. The van der Waals surface area contributed by atoms with E-state index in [4.69, 9.17) is 9.16 Å². The number of nitrogens with zero attached hydrogens (tertiary/aromatic N) is 3. The molecule has 0 radical (unpaired) electrons. The minimum atomic E-state index is -2.25. The zero-order valence-electron chi connectivity index (χ0n) is 33.3. The molecule has 0 bridgehead atoms. The van der Waals surface area contributed by atoms with Gasteiger partial charge >= 0.3 is 12.1 Å². The summed E-state index contributed by atoms with van der Waals surface area (Å²) in [6, 6.07) is 20.9. The lowest BCUT2D eigenvalue weighted by Gasteiger charge is -2.38. The summed E-state index contributed by atoms with van der Waals surface area (Å²) in [5.41, 5.74) is 1.42. The van der Waals surface area contributed by atoms with Crippen molar-refractivity contribution in [2.45, 2.75) is 102 Å². The van der Waals surface area contributed by atoms with E-state index in [1.165, 1.54) is 29.0 Å². The fourth-order valence-electron chi connectivity index (χ4n) is 6.60. The Labute approximate surface area is 325 Å². The summed E-state index contributed by atoms with van der Waals surface area (Å²) in [5.74, 6) is -1.80. The summed E-state index contributed by atoms with van der Waals surface area (Å²) in [4.78, 5) is 74.7. The van der Waals surface area contributed by atoms with Crippen molar-refractivity contribution in [3.8, 4) is 5.75 Å². The van der Waals surface area contributed by atoms with Gasteiger partial charge in [0.1, 0.15) is 35.5 Å². The number of alkyl carbamates (subject to hydrolysis) is 1. The minimum absolute atomic E-state index is 0.0454. The molecule has 0 unspecified atom stereocenters. The number of phenolic OH excluding ortho intramolecular Hbond substituents is 1. The second-order valence-electron chi connectivity index (χ2n) is 16.1. The number of carbonyl (C=O) groups is 5. The number of aromatic hydroxyl groups is 1. The zero-order chi connectivity index (χ0) is 40.5. The normalized spacial score (nSPS) is 16.0. The summed E-state index contributed by atoms with van der Waals surface area (Å²) in [7, 11) is 0.822. The van der Waals surface area contributed by atoms with E-state index in [9.17, 15) is 29.1 Å². The van der Waals surface area contributed by atoms with Crippen molar-refractivity contribution in [3.05, 3.63) is 102 Å². The molecule has 0 aromatic heterocycles. The van der Waals surface area contributed by atoms with Gasteiger partial charge < -0.3 is 34.3 Å². The van der Waals surface area contributed by atoms with Gasteiger partial charge in [0.25, 0.3) is 0 Å². The molecule has 4 rings (SSSR count). The van der Waals surface area contributed by atoms with Crippen LogP contribution in [0.4, 0.5) is 4.79 Å². The molecule has 55 heavy (non-hydrogen) atoms. The fraction of sp³-hybridized carbons (Fsp3) is 0.452. The Hall–Kier alpha value is -5.17. The molecule has 13 heteroatoms.